The van der Waals surface area contributed by atoms with Crippen LogP contribution in [0, 0.1) is 0 Å². The summed E-state index contributed by atoms with van der Waals surface area (Å²) in [6, 6.07) is 2.21. The zero-order valence-electron chi connectivity index (χ0n) is 11.9. The van der Waals surface area contributed by atoms with Crippen LogP contribution in [0.2, 0.25) is 0 Å². The molecule has 1 aromatic rings. The maximum absolute atomic E-state index is 6.12. The normalized spacial score (nSPS) is 20.1. The van der Waals surface area contributed by atoms with Crippen molar-refractivity contribution < 1.29 is 0 Å². The van der Waals surface area contributed by atoms with Gasteiger partial charge < -0.3 is 10.6 Å². The van der Waals surface area contributed by atoms with Crippen LogP contribution in [0.25, 0.3) is 0 Å². The Morgan fingerprint density at radius 2 is 2.16 bits per heavy atom. The highest BCUT2D eigenvalue weighted by atomic mass is 79.9. The van der Waals surface area contributed by atoms with Crippen molar-refractivity contribution in [1.29, 1.82) is 0 Å². The molecule has 0 aliphatic carbocycles. The number of nitrogens with two attached hydrogens (primary N) is 1. The molecule has 0 amide bonds. The summed E-state index contributed by atoms with van der Waals surface area (Å²) in [6.45, 7) is 7.50. The number of nitrogens with zero attached hydrogens (tertiary/aromatic N) is 2. The SMILES string of the molecule is CCN1CCC(CN)(N(C)Cc2cc(Br)cs2)CC1. The van der Waals surface area contributed by atoms with E-state index in [0.29, 0.717) is 0 Å². The van der Waals surface area contributed by atoms with Gasteiger partial charge in [-0.25, -0.2) is 0 Å². The highest BCUT2D eigenvalue weighted by molar-refractivity contribution is 9.10. The first-order valence-corrected chi connectivity index (χ1v) is 8.63. The van der Waals surface area contributed by atoms with E-state index in [0.717, 1.165) is 19.6 Å². The molecule has 0 unspecified atom stereocenters. The van der Waals surface area contributed by atoms with Crippen LogP contribution in [0.4, 0.5) is 0 Å². The first-order chi connectivity index (χ1) is 9.09. The molecule has 5 heteroatoms. The van der Waals surface area contributed by atoms with Crippen LogP contribution in [-0.4, -0.2) is 48.6 Å². The number of likely N-dealkylation sites (tertiary alicyclic amines) is 1. The van der Waals surface area contributed by atoms with Gasteiger partial charge in [0.1, 0.15) is 0 Å². The molecule has 2 N–H and O–H groups in total. The van der Waals surface area contributed by atoms with E-state index in [1.165, 1.54) is 35.3 Å². The van der Waals surface area contributed by atoms with Crippen molar-refractivity contribution in [3.8, 4) is 0 Å². The molecule has 1 fully saturated rings. The summed E-state index contributed by atoms with van der Waals surface area (Å²) < 4.78 is 1.18. The van der Waals surface area contributed by atoms with Crippen LogP contribution in [0.5, 0.6) is 0 Å². The van der Waals surface area contributed by atoms with Crippen molar-refractivity contribution in [1.82, 2.24) is 9.80 Å². The summed E-state index contributed by atoms with van der Waals surface area (Å²) in [5.74, 6) is 0. The lowest BCUT2D eigenvalue weighted by Crippen LogP contribution is -2.57. The van der Waals surface area contributed by atoms with Gasteiger partial charge >= 0.3 is 0 Å². The molecular weight excluding hydrogens is 322 g/mol. The largest absolute Gasteiger partial charge is 0.329 e. The van der Waals surface area contributed by atoms with Gasteiger partial charge in [0.25, 0.3) is 0 Å². The van der Waals surface area contributed by atoms with E-state index in [2.05, 4.69) is 51.1 Å². The van der Waals surface area contributed by atoms with Gasteiger partial charge in [-0.15, -0.1) is 11.3 Å². The first-order valence-electron chi connectivity index (χ1n) is 6.96. The van der Waals surface area contributed by atoms with Crippen LogP contribution in [-0.2, 0) is 6.54 Å². The molecule has 3 nitrogen and oxygen atoms in total. The molecular formula is C14H24BrN3S. The molecule has 0 radical (unpaired) electrons. The van der Waals surface area contributed by atoms with Crippen LogP contribution >= 0.6 is 27.3 Å². The predicted octanol–water partition coefficient (Wildman–Crippen LogP) is 2.76. The Bertz CT molecular complexity index is 399. The number of piperidine rings is 1. The molecule has 1 saturated heterocycles. The second kappa shape index (κ2) is 6.68. The zero-order valence-corrected chi connectivity index (χ0v) is 14.3. The van der Waals surface area contributed by atoms with Crippen LogP contribution < -0.4 is 5.73 Å². The zero-order chi connectivity index (χ0) is 13.9. The molecule has 19 heavy (non-hydrogen) atoms. The predicted molar refractivity (Wildman–Crippen MR) is 86.6 cm³/mol. The Morgan fingerprint density at radius 1 is 1.47 bits per heavy atom. The quantitative estimate of drug-likeness (QED) is 0.890. The average Bonchev–Trinajstić information content (AvgIpc) is 2.84. The molecule has 1 aliphatic rings. The fourth-order valence-electron chi connectivity index (χ4n) is 2.87. The highest BCUT2D eigenvalue weighted by Gasteiger charge is 2.36. The minimum Gasteiger partial charge on any atom is -0.329 e. The molecule has 0 spiro atoms. The Labute approximate surface area is 128 Å². The lowest BCUT2D eigenvalue weighted by atomic mass is 9.86. The van der Waals surface area contributed by atoms with E-state index >= 15 is 0 Å². The van der Waals surface area contributed by atoms with Crippen molar-refractivity contribution in [3.63, 3.8) is 0 Å². The minimum absolute atomic E-state index is 0.183. The number of rotatable bonds is 5. The van der Waals surface area contributed by atoms with Crippen LogP contribution in [0.3, 0.4) is 0 Å². The molecule has 2 rings (SSSR count). The third-order valence-corrected chi connectivity index (χ3v) is 6.12. The molecule has 0 aromatic carbocycles. The smallest absolute Gasteiger partial charge is 0.0356 e. The number of halogens is 1. The third kappa shape index (κ3) is 3.58. The highest BCUT2D eigenvalue weighted by Crippen LogP contribution is 2.30. The van der Waals surface area contributed by atoms with E-state index in [1.54, 1.807) is 0 Å². The molecule has 2 heterocycles. The fraction of sp³-hybridized carbons (Fsp3) is 0.714. The molecule has 0 saturated carbocycles. The molecule has 108 valence electrons. The average molecular weight is 346 g/mol. The Morgan fingerprint density at radius 3 is 2.63 bits per heavy atom. The van der Waals surface area contributed by atoms with E-state index in [-0.39, 0.29) is 5.54 Å². The first kappa shape index (κ1) is 15.4. The number of thiophene rings is 1. The van der Waals surface area contributed by atoms with E-state index < -0.39 is 0 Å². The minimum atomic E-state index is 0.183. The fourth-order valence-corrected chi connectivity index (χ4v) is 4.37. The van der Waals surface area contributed by atoms with Crippen LogP contribution in [0.1, 0.15) is 24.6 Å². The molecule has 0 atom stereocenters. The van der Waals surface area contributed by atoms with Crippen molar-refractivity contribution >= 4 is 27.3 Å². The molecule has 1 aliphatic heterocycles. The summed E-state index contributed by atoms with van der Waals surface area (Å²) in [5.41, 5.74) is 6.30. The Kier molecular flexibility index (Phi) is 5.43. The van der Waals surface area contributed by atoms with Gasteiger partial charge in [0.2, 0.25) is 0 Å². The van der Waals surface area contributed by atoms with E-state index in [1.807, 2.05) is 11.3 Å². The second-order valence-electron chi connectivity index (χ2n) is 5.45. The topological polar surface area (TPSA) is 32.5 Å². The van der Waals surface area contributed by atoms with Gasteiger partial charge in [-0.2, -0.15) is 0 Å². The van der Waals surface area contributed by atoms with Crippen molar-refractivity contribution in [2.45, 2.75) is 31.8 Å². The summed E-state index contributed by atoms with van der Waals surface area (Å²) in [5, 5.41) is 2.15. The van der Waals surface area contributed by atoms with Crippen LogP contribution in [0.15, 0.2) is 15.9 Å². The Hall–Kier alpha value is 0.0600. The summed E-state index contributed by atoms with van der Waals surface area (Å²) in [7, 11) is 2.22. The lowest BCUT2D eigenvalue weighted by molar-refractivity contribution is 0.0425. The van der Waals surface area contributed by atoms with Gasteiger partial charge in [-0.1, -0.05) is 6.92 Å². The monoisotopic (exact) mass is 345 g/mol. The van der Waals surface area contributed by atoms with Gasteiger partial charge in [-0.05, 0) is 61.5 Å². The maximum Gasteiger partial charge on any atom is 0.0356 e. The molecule has 0 bridgehead atoms. The summed E-state index contributed by atoms with van der Waals surface area (Å²) in [6.07, 6.45) is 2.36. The standard InChI is InChI=1S/C14H24BrN3S/c1-3-18-6-4-14(11-16,5-7-18)17(2)9-13-8-12(15)10-19-13/h8,10H,3-7,9,11,16H2,1-2H3. The lowest BCUT2D eigenvalue weighted by Gasteiger charge is -2.46. The molecule has 1 aromatic heterocycles. The number of likely N-dealkylation sites (N-methyl/N-ethyl adjacent to an activating group) is 1. The second-order valence-corrected chi connectivity index (χ2v) is 7.36. The summed E-state index contributed by atoms with van der Waals surface area (Å²) >= 11 is 5.34. The number of hydrogen-bond donors (Lipinski definition) is 1. The number of hydrogen-bond acceptors (Lipinski definition) is 4. The maximum atomic E-state index is 6.12. The van der Waals surface area contributed by atoms with Gasteiger partial charge in [-0.3, -0.25) is 4.90 Å². The van der Waals surface area contributed by atoms with E-state index in [9.17, 15) is 0 Å². The van der Waals surface area contributed by atoms with Crippen molar-refractivity contribution in [2.24, 2.45) is 5.73 Å². The van der Waals surface area contributed by atoms with Crippen molar-refractivity contribution in [2.75, 3.05) is 33.2 Å². The van der Waals surface area contributed by atoms with Crippen molar-refractivity contribution in [3.05, 3.63) is 20.8 Å². The van der Waals surface area contributed by atoms with Gasteiger partial charge in [0, 0.05) is 33.4 Å². The van der Waals surface area contributed by atoms with Gasteiger partial charge in [0.05, 0.1) is 0 Å². The Balaban J connectivity index is 2.00. The van der Waals surface area contributed by atoms with E-state index in [4.69, 9.17) is 5.73 Å². The van der Waals surface area contributed by atoms with Gasteiger partial charge in [0.15, 0.2) is 0 Å². The summed E-state index contributed by atoms with van der Waals surface area (Å²) in [4.78, 5) is 6.39. The third-order valence-electron chi connectivity index (χ3n) is 4.44.